The number of carbonyl (C=O) groups is 1. The summed E-state index contributed by atoms with van der Waals surface area (Å²) in [5, 5.41) is 0. The van der Waals surface area contributed by atoms with E-state index < -0.39 is 0 Å². The van der Waals surface area contributed by atoms with Gasteiger partial charge in [0.1, 0.15) is 0 Å². The number of ketones is 1. The summed E-state index contributed by atoms with van der Waals surface area (Å²) in [7, 11) is 0. The molecule has 1 aliphatic rings. The molecule has 0 amide bonds. The van der Waals surface area contributed by atoms with Gasteiger partial charge in [-0.25, -0.2) is 0 Å². The molecule has 0 unspecified atom stereocenters. The van der Waals surface area contributed by atoms with Crippen molar-refractivity contribution in [3.63, 3.8) is 0 Å². The number of nitrogens with zero attached hydrogens (tertiary/aromatic N) is 1. The van der Waals surface area contributed by atoms with E-state index in [-0.39, 0.29) is 5.78 Å². The molecule has 2 aromatic rings. The first-order valence-corrected chi connectivity index (χ1v) is 6.74. The second-order valence-corrected chi connectivity index (χ2v) is 4.91. The van der Waals surface area contributed by atoms with Crippen molar-refractivity contribution in [3.8, 4) is 0 Å². The summed E-state index contributed by atoms with van der Waals surface area (Å²) in [5.41, 5.74) is 2.53. The lowest BCUT2D eigenvalue weighted by Gasteiger charge is -2.23. The highest BCUT2D eigenvalue weighted by Crippen LogP contribution is 2.26. The highest BCUT2D eigenvalue weighted by atomic mass is 16.3. The first-order chi connectivity index (χ1) is 9.34. The van der Waals surface area contributed by atoms with Gasteiger partial charge in [-0.1, -0.05) is 18.2 Å². The second kappa shape index (κ2) is 5.31. The minimum atomic E-state index is 0.0432. The lowest BCUT2D eigenvalue weighted by molar-refractivity contribution is 0.0972. The second-order valence-electron chi connectivity index (χ2n) is 4.91. The van der Waals surface area contributed by atoms with Crippen molar-refractivity contribution in [2.75, 3.05) is 18.0 Å². The Bertz CT molecular complexity index is 560. The Balaban J connectivity index is 1.83. The number of rotatable bonds is 3. The lowest BCUT2D eigenvalue weighted by Crippen LogP contribution is -2.30. The SMILES string of the molecule is O=C(CN1CCCCc2ccccc21)c1ccco1. The topological polar surface area (TPSA) is 33.5 Å². The van der Waals surface area contributed by atoms with Crippen molar-refractivity contribution in [2.24, 2.45) is 0 Å². The van der Waals surface area contributed by atoms with E-state index in [2.05, 4.69) is 23.1 Å². The molecule has 0 bridgehead atoms. The van der Waals surface area contributed by atoms with Crippen LogP contribution in [0.25, 0.3) is 0 Å². The van der Waals surface area contributed by atoms with Gasteiger partial charge in [0.15, 0.2) is 5.76 Å². The molecule has 3 nitrogen and oxygen atoms in total. The smallest absolute Gasteiger partial charge is 0.217 e. The van der Waals surface area contributed by atoms with Crippen LogP contribution in [-0.4, -0.2) is 18.9 Å². The molecule has 0 radical (unpaired) electrons. The molecule has 0 fully saturated rings. The van der Waals surface area contributed by atoms with E-state index in [1.807, 2.05) is 6.07 Å². The van der Waals surface area contributed by atoms with E-state index in [0.717, 1.165) is 19.4 Å². The molecule has 0 saturated carbocycles. The van der Waals surface area contributed by atoms with E-state index >= 15 is 0 Å². The summed E-state index contributed by atoms with van der Waals surface area (Å²) in [6, 6.07) is 11.8. The number of Topliss-reactive ketones (excluding diaryl/α,β-unsaturated/α-hetero) is 1. The van der Waals surface area contributed by atoms with Gasteiger partial charge in [0.25, 0.3) is 0 Å². The predicted molar refractivity (Wildman–Crippen MR) is 74.6 cm³/mol. The van der Waals surface area contributed by atoms with Crippen LogP contribution in [0.1, 0.15) is 29.0 Å². The van der Waals surface area contributed by atoms with Crippen LogP contribution in [0.15, 0.2) is 47.1 Å². The number of hydrogen-bond acceptors (Lipinski definition) is 3. The Labute approximate surface area is 112 Å². The van der Waals surface area contributed by atoms with Crippen LogP contribution in [-0.2, 0) is 6.42 Å². The molecule has 0 atom stereocenters. The molecule has 0 spiro atoms. The van der Waals surface area contributed by atoms with Gasteiger partial charge in [-0.2, -0.15) is 0 Å². The maximum absolute atomic E-state index is 12.2. The van der Waals surface area contributed by atoms with Crippen LogP contribution in [0.3, 0.4) is 0 Å². The standard InChI is InChI=1S/C16H17NO2/c18-15(16-9-5-11-19-16)12-17-10-4-3-7-13-6-1-2-8-14(13)17/h1-2,5-6,8-9,11H,3-4,7,10,12H2. The van der Waals surface area contributed by atoms with Crippen LogP contribution in [0.5, 0.6) is 0 Å². The summed E-state index contributed by atoms with van der Waals surface area (Å²) in [4.78, 5) is 14.3. The fourth-order valence-corrected chi connectivity index (χ4v) is 2.62. The molecule has 3 rings (SSSR count). The van der Waals surface area contributed by atoms with Gasteiger partial charge in [-0.3, -0.25) is 4.79 Å². The number of fused-ring (bicyclic) bond motifs is 1. The zero-order valence-electron chi connectivity index (χ0n) is 10.8. The monoisotopic (exact) mass is 255 g/mol. The highest BCUT2D eigenvalue weighted by Gasteiger charge is 2.19. The Morgan fingerprint density at radius 2 is 2.05 bits per heavy atom. The molecule has 1 aromatic carbocycles. The fraction of sp³-hybridized carbons (Fsp3) is 0.312. The van der Waals surface area contributed by atoms with Gasteiger partial charge < -0.3 is 9.32 Å². The molecular formula is C16H17NO2. The molecule has 0 aliphatic carbocycles. The molecular weight excluding hydrogens is 238 g/mol. The van der Waals surface area contributed by atoms with Crippen molar-refractivity contribution >= 4 is 11.5 Å². The van der Waals surface area contributed by atoms with Crippen LogP contribution in [0.2, 0.25) is 0 Å². The molecule has 0 saturated heterocycles. The Hall–Kier alpha value is -2.03. The maximum Gasteiger partial charge on any atom is 0.217 e. The van der Waals surface area contributed by atoms with E-state index in [1.54, 1.807) is 18.4 Å². The minimum absolute atomic E-state index is 0.0432. The quantitative estimate of drug-likeness (QED) is 0.789. The zero-order valence-corrected chi connectivity index (χ0v) is 10.8. The average Bonchev–Trinajstić information content (AvgIpc) is 2.90. The molecule has 19 heavy (non-hydrogen) atoms. The zero-order chi connectivity index (χ0) is 13.1. The minimum Gasteiger partial charge on any atom is -0.461 e. The molecule has 3 heteroatoms. The van der Waals surface area contributed by atoms with Gasteiger partial charge in [0, 0.05) is 12.2 Å². The van der Waals surface area contributed by atoms with Crippen molar-refractivity contribution in [1.82, 2.24) is 0 Å². The molecule has 1 aromatic heterocycles. The fourth-order valence-electron chi connectivity index (χ4n) is 2.62. The van der Waals surface area contributed by atoms with Crippen LogP contribution in [0, 0.1) is 0 Å². The largest absolute Gasteiger partial charge is 0.461 e. The average molecular weight is 255 g/mol. The van der Waals surface area contributed by atoms with Crippen molar-refractivity contribution in [2.45, 2.75) is 19.3 Å². The lowest BCUT2D eigenvalue weighted by atomic mass is 10.1. The molecule has 98 valence electrons. The summed E-state index contributed by atoms with van der Waals surface area (Å²) in [5.74, 6) is 0.489. The van der Waals surface area contributed by atoms with Crippen LogP contribution < -0.4 is 4.90 Å². The third-order valence-corrected chi connectivity index (χ3v) is 3.59. The van der Waals surface area contributed by atoms with Crippen molar-refractivity contribution in [1.29, 1.82) is 0 Å². The summed E-state index contributed by atoms with van der Waals surface area (Å²) in [6.07, 6.45) is 4.95. The number of aryl methyl sites for hydroxylation is 1. The molecule has 1 aliphatic heterocycles. The van der Waals surface area contributed by atoms with Gasteiger partial charge in [-0.05, 0) is 43.0 Å². The summed E-state index contributed by atoms with van der Waals surface area (Å²) in [6.45, 7) is 1.33. The van der Waals surface area contributed by atoms with E-state index in [0.29, 0.717) is 12.3 Å². The van der Waals surface area contributed by atoms with E-state index in [4.69, 9.17) is 4.42 Å². The third-order valence-electron chi connectivity index (χ3n) is 3.59. The van der Waals surface area contributed by atoms with E-state index in [1.165, 1.54) is 17.7 Å². The Morgan fingerprint density at radius 3 is 2.89 bits per heavy atom. The number of carbonyl (C=O) groups excluding carboxylic acids is 1. The number of para-hydroxylation sites is 1. The first-order valence-electron chi connectivity index (χ1n) is 6.74. The Morgan fingerprint density at radius 1 is 1.16 bits per heavy atom. The Kier molecular flexibility index (Phi) is 3.36. The third kappa shape index (κ3) is 2.55. The number of hydrogen-bond donors (Lipinski definition) is 0. The first kappa shape index (κ1) is 12.0. The van der Waals surface area contributed by atoms with Crippen LogP contribution in [0.4, 0.5) is 5.69 Å². The number of benzene rings is 1. The van der Waals surface area contributed by atoms with Gasteiger partial charge >= 0.3 is 0 Å². The van der Waals surface area contributed by atoms with E-state index in [9.17, 15) is 4.79 Å². The number of anilines is 1. The van der Waals surface area contributed by atoms with Crippen molar-refractivity contribution < 1.29 is 9.21 Å². The van der Waals surface area contributed by atoms with Gasteiger partial charge in [0.05, 0.1) is 12.8 Å². The highest BCUT2D eigenvalue weighted by molar-refractivity contribution is 5.96. The van der Waals surface area contributed by atoms with Gasteiger partial charge in [0.2, 0.25) is 5.78 Å². The summed E-state index contributed by atoms with van der Waals surface area (Å²) < 4.78 is 5.18. The maximum atomic E-state index is 12.2. The number of furan rings is 1. The summed E-state index contributed by atoms with van der Waals surface area (Å²) >= 11 is 0. The van der Waals surface area contributed by atoms with Crippen molar-refractivity contribution in [3.05, 3.63) is 54.0 Å². The normalized spacial score (nSPS) is 14.8. The van der Waals surface area contributed by atoms with Gasteiger partial charge in [-0.15, -0.1) is 0 Å². The predicted octanol–water partition coefficient (Wildman–Crippen LogP) is 3.31. The van der Waals surface area contributed by atoms with Crippen LogP contribution >= 0.6 is 0 Å². The molecule has 2 heterocycles. The molecule has 0 N–H and O–H groups in total.